The Kier molecular flexibility index (Phi) is 6.73. The molecule has 0 heterocycles. The van der Waals surface area contributed by atoms with Crippen molar-refractivity contribution in [1.29, 1.82) is 0 Å². The molecule has 1 aromatic carbocycles. The predicted molar refractivity (Wildman–Crippen MR) is 74.8 cm³/mol. The van der Waals surface area contributed by atoms with E-state index in [-0.39, 0.29) is 5.82 Å². The van der Waals surface area contributed by atoms with Gasteiger partial charge in [-0.2, -0.15) is 0 Å². The smallest absolute Gasteiger partial charge is 0.128 e. The highest BCUT2D eigenvalue weighted by Crippen LogP contribution is 2.25. The third-order valence-electron chi connectivity index (χ3n) is 2.97. The van der Waals surface area contributed by atoms with Gasteiger partial charge in [0, 0.05) is 24.4 Å². The molecule has 0 spiro atoms. The van der Waals surface area contributed by atoms with E-state index in [1.807, 2.05) is 13.0 Å². The van der Waals surface area contributed by atoms with Crippen LogP contribution in [0.4, 0.5) is 10.1 Å². The first kappa shape index (κ1) is 15.0. The quantitative estimate of drug-likeness (QED) is 0.712. The molecule has 0 atom stereocenters. The van der Waals surface area contributed by atoms with Crippen molar-refractivity contribution < 1.29 is 9.13 Å². The first-order valence-electron chi connectivity index (χ1n) is 6.86. The lowest BCUT2D eigenvalue weighted by atomic mass is 10.0. The summed E-state index contributed by atoms with van der Waals surface area (Å²) in [5.74, 6) is -0.119. The van der Waals surface area contributed by atoms with E-state index in [0.29, 0.717) is 13.0 Å². The summed E-state index contributed by atoms with van der Waals surface area (Å²) in [5.41, 5.74) is 2.91. The minimum atomic E-state index is -0.119. The number of aryl methyl sites for hydroxylation is 1. The molecule has 0 saturated heterocycles. The molecule has 102 valence electrons. The first-order chi connectivity index (χ1) is 8.74. The van der Waals surface area contributed by atoms with Gasteiger partial charge in [-0.05, 0) is 30.9 Å². The Morgan fingerprint density at radius 3 is 2.50 bits per heavy atom. The molecule has 0 amide bonds. The molecule has 1 aromatic rings. The van der Waals surface area contributed by atoms with E-state index in [1.54, 1.807) is 6.07 Å². The van der Waals surface area contributed by atoms with Crippen LogP contribution < -0.4 is 5.32 Å². The number of rotatable bonds is 8. The second-order valence-electron chi connectivity index (χ2n) is 4.31. The maximum Gasteiger partial charge on any atom is 0.128 e. The molecule has 0 bridgehead atoms. The van der Waals surface area contributed by atoms with Crippen LogP contribution in [-0.2, 0) is 17.6 Å². The Labute approximate surface area is 110 Å². The normalized spacial score (nSPS) is 10.7. The van der Waals surface area contributed by atoms with Crippen molar-refractivity contribution in [2.75, 3.05) is 25.1 Å². The van der Waals surface area contributed by atoms with Gasteiger partial charge in [0.15, 0.2) is 0 Å². The SMILES string of the molecule is CCCOCCNc1c(CC)ccc(F)c1CC. The maximum absolute atomic E-state index is 13.7. The number of nitrogens with one attached hydrogen (secondary N) is 1. The minimum Gasteiger partial charge on any atom is -0.382 e. The van der Waals surface area contributed by atoms with Crippen LogP contribution in [0.25, 0.3) is 0 Å². The zero-order valence-electron chi connectivity index (χ0n) is 11.7. The van der Waals surface area contributed by atoms with Crippen LogP contribution in [0.2, 0.25) is 0 Å². The van der Waals surface area contributed by atoms with E-state index in [2.05, 4.69) is 19.2 Å². The molecule has 0 aliphatic carbocycles. The third kappa shape index (κ3) is 3.98. The van der Waals surface area contributed by atoms with Crippen LogP contribution >= 0.6 is 0 Å². The van der Waals surface area contributed by atoms with Crippen molar-refractivity contribution in [1.82, 2.24) is 0 Å². The van der Waals surface area contributed by atoms with Crippen molar-refractivity contribution >= 4 is 5.69 Å². The largest absolute Gasteiger partial charge is 0.382 e. The second kappa shape index (κ2) is 8.09. The van der Waals surface area contributed by atoms with Crippen molar-refractivity contribution in [3.63, 3.8) is 0 Å². The number of halogens is 1. The van der Waals surface area contributed by atoms with Crippen molar-refractivity contribution in [3.05, 3.63) is 29.1 Å². The van der Waals surface area contributed by atoms with E-state index in [4.69, 9.17) is 4.74 Å². The highest BCUT2D eigenvalue weighted by molar-refractivity contribution is 5.58. The van der Waals surface area contributed by atoms with Crippen LogP contribution in [0, 0.1) is 5.82 Å². The molecule has 0 radical (unpaired) electrons. The molecule has 0 aliphatic heterocycles. The highest BCUT2D eigenvalue weighted by atomic mass is 19.1. The van der Waals surface area contributed by atoms with Crippen molar-refractivity contribution in [3.8, 4) is 0 Å². The van der Waals surface area contributed by atoms with Gasteiger partial charge in [0.1, 0.15) is 5.82 Å². The van der Waals surface area contributed by atoms with E-state index in [0.717, 1.165) is 37.2 Å². The molecular formula is C15H24FNO. The fourth-order valence-corrected chi connectivity index (χ4v) is 2.03. The monoisotopic (exact) mass is 253 g/mol. The summed E-state index contributed by atoms with van der Waals surface area (Å²) in [6, 6.07) is 3.43. The van der Waals surface area contributed by atoms with Gasteiger partial charge >= 0.3 is 0 Å². The molecule has 0 aliphatic rings. The summed E-state index contributed by atoms with van der Waals surface area (Å²) in [4.78, 5) is 0. The Morgan fingerprint density at radius 2 is 1.89 bits per heavy atom. The number of hydrogen-bond donors (Lipinski definition) is 1. The van der Waals surface area contributed by atoms with E-state index in [1.165, 1.54) is 5.56 Å². The van der Waals surface area contributed by atoms with Gasteiger partial charge in [-0.1, -0.05) is 26.8 Å². The molecule has 0 unspecified atom stereocenters. The fraction of sp³-hybridized carbons (Fsp3) is 0.600. The molecule has 0 saturated carbocycles. The number of ether oxygens (including phenoxy) is 1. The second-order valence-corrected chi connectivity index (χ2v) is 4.31. The van der Waals surface area contributed by atoms with Crippen LogP contribution in [0.5, 0.6) is 0 Å². The zero-order chi connectivity index (χ0) is 13.4. The zero-order valence-corrected chi connectivity index (χ0v) is 11.7. The summed E-state index contributed by atoms with van der Waals surface area (Å²) in [7, 11) is 0. The lowest BCUT2D eigenvalue weighted by molar-refractivity contribution is 0.144. The number of benzene rings is 1. The summed E-state index contributed by atoms with van der Waals surface area (Å²) < 4.78 is 19.2. The van der Waals surface area contributed by atoms with Crippen LogP contribution in [0.1, 0.15) is 38.3 Å². The molecule has 18 heavy (non-hydrogen) atoms. The predicted octanol–water partition coefficient (Wildman–Crippen LogP) is 3.79. The molecule has 3 heteroatoms. The lowest BCUT2D eigenvalue weighted by Crippen LogP contribution is -2.13. The number of hydrogen-bond acceptors (Lipinski definition) is 2. The number of anilines is 1. The van der Waals surface area contributed by atoms with Gasteiger partial charge < -0.3 is 10.1 Å². The standard InChI is InChI=1S/C15H24FNO/c1-4-10-18-11-9-17-15-12(5-2)7-8-14(16)13(15)6-3/h7-8,17H,4-6,9-11H2,1-3H3. The van der Waals surface area contributed by atoms with Crippen molar-refractivity contribution in [2.45, 2.75) is 40.0 Å². The van der Waals surface area contributed by atoms with Gasteiger partial charge in [-0.3, -0.25) is 0 Å². The minimum absolute atomic E-state index is 0.119. The van der Waals surface area contributed by atoms with Gasteiger partial charge in [0.25, 0.3) is 0 Å². The molecule has 2 nitrogen and oxygen atoms in total. The van der Waals surface area contributed by atoms with Crippen LogP contribution in [0.15, 0.2) is 12.1 Å². The Bertz CT molecular complexity index is 366. The summed E-state index contributed by atoms with van der Waals surface area (Å²) >= 11 is 0. The van der Waals surface area contributed by atoms with Crippen LogP contribution in [0.3, 0.4) is 0 Å². The van der Waals surface area contributed by atoms with Gasteiger partial charge in [0.2, 0.25) is 0 Å². The molecular weight excluding hydrogens is 229 g/mol. The first-order valence-corrected chi connectivity index (χ1v) is 6.86. The topological polar surface area (TPSA) is 21.3 Å². The molecule has 1 rings (SSSR count). The van der Waals surface area contributed by atoms with Crippen molar-refractivity contribution in [2.24, 2.45) is 0 Å². The average molecular weight is 253 g/mol. The summed E-state index contributed by atoms with van der Waals surface area (Å²) in [5, 5.41) is 3.32. The lowest BCUT2D eigenvalue weighted by Gasteiger charge is -2.16. The van der Waals surface area contributed by atoms with Gasteiger partial charge in [-0.15, -0.1) is 0 Å². The van der Waals surface area contributed by atoms with E-state index >= 15 is 0 Å². The Balaban J connectivity index is 2.69. The van der Waals surface area contributed by atoms with Gasteiger partial charge in [0.05, 0.1) is 6.61 Å². The molecule has 0 fully saturated rings. The summed E-state index contributed by atoms with van der Waals surface area (Å²) in [6.07, 6.45) is 2.64. The van der Waals surface area contributed by atoms with E-state index < -0.39 is 0 Å². The summed E-state index contributed by atoms with van der Waals surface area (Å²) in [6.45, 7) is 8.33. The highest BCUT2D eigenvalue weighted by Gasteiger charge is 2.10. The molecule has 1 N–H and O–H groups in total. The molecule has 0 aromatic heterocycles. The van der Waals surface area contributed by atoms with Gasteiger partial charge in [-0.25, -0.2) is 4.39 Å². The third-order valence-corrected chi connectivity index (χ3v) is 2.97. The van der Waals surface area contributed by atoms with E-state index in [9.17, 15) is 4.39 Å². The Hall–Kier alpha value is -1.09. The average Bonchev–Trinajstić information content (AvgIpc) is 2.39. The Morgan fingerprint density at radius 1 is 1.11 bits per heavy atom. The maximum atomic E-state index is 13.7. The fourth-order valence-electron chi connectivity index (χ4n) is 2.03. The van der Waals surface area contributed by atoms with Crippen LogP contribution in [-0.4, -0.2) is 19.8 Å².